The third-order valence-corrected chi connectivity index (χ3v) is 4.75. The lowest BCUT2D eigenvalue weighted by molar-refractivity contribution is -0.117. The average Bonchev–Trinajstić information content (AvgIpc) is 3.23. The number of aromatic nitrogens is 2. The zero-order chi connectivity index (χ0) is 18.3. The van der Waals surface area contributed by atoms with E-state index in [4.69, 9.17) is 4.52 Å². The van der Waals surface area contributed by atoms with Crippen LogP contribution >= 0.6 is 0 Å². The van der Waals surface area contributed by atoms with Gasteiger partial charge in [0, 0.05) is 24.6 Å². The van der Waals surface area contributed by atoms with Crippen LogP contribution in [0, 0.1) is 19.7 Å². The van der Waals surface area contributed by atoms with Crippen LogP contribution < -0.4 is 4.90 Å². The highest BCUT2D eigenvalue weighted by molar-refractivity contribution is 5.97. The normalized spacial score (nSPS) is 17.1. The molecule has 1 atom stereocenters. The molecule has 1 saturated heterocycles. The summed E-state index contributed by atoms with van der Waals surface area (Å²) in [4.78, 5) is 18.7. The topological polar surface area (TPSA) is 59.2 Å². The third-order valence-electron chi connectivity index (χ3n) is 4.75. The fourth-order valence-corrected chi connectivity index (χ4v) is 3.47. The van der Waals surface area contributed by atoms with Crippen molar-refractivity contribution in [3.05, 3.63) is 65.2 Å². The van der Waals surface area contributed by atoms with Gasteiger partial charge < -0.3 is 9.42 Å². The number of halogens is 1. The van der Waals surface area contributed by atoms with Crippen LogP contribution in [0.1, 0.15) is 29.3 Å². The predicted octanol–water partition coefficient (Wildman–Crippen LogP) is 4.01. The lowest BCUT2D eigenvalue weighted by Gasteiger charge is -2.21. The van der Waals surface area contributed by atoms with Gasteiger partial charge in [-0.05, 0) is 37.1 Å². The van der Waals surface area contributed by atoms with E-state index in [0.717, 1.165) is 16.8 Å². The molecule has 6 heteroatoms. The number of amides is 1. The quantitative estimate of drug-likeness (QED) is 0.715. The predicted molar refractivity (Wildman–Crippen MR) is 95.3 cm³/mol. The number of aryl methyl sites for hydroxylation is 2. The monoisotopic (exact) mass is 351 g/mol. The zero-order valence-corrected chi connectivity index (χ0v) is 14.6. The smallest absolute Gasteiger partial charge is 0.260 e. The number of benzene rings is 2. The summed E-state index contributed by atoms with van der Waals surface area (Å²) in [7, 11) is 0. The van der Waals surface area contributed by atoms with Crippen molar-refractivity contribution in [2.45, 2.75) is 26.2 Å². The molecule has 132 valence electrons. The van der Waals surface area contributed by atoms with Crippen molar-refractivity contribution in [1.82, 2.24) is 10.1 Å². The van der Waals surface area contributed by atoms with Gasteiger partial charge in [0.1, 0.15) is 5.82 Å². The molecule has 1 amide bonds. The molecule has 2 heterocycles. The Morgan fingerprint density at radius 1 is 1.12 bits per heavy atom. The number of rotatable bonds is 3. The highest BCUT2D eigenvalue weighted by Crippen LogP contribution is 2.34. The van der Waals surface area contributed by atoms with Crippen molar-refractivity contribution in [2.24, 2.45) is 0 Å². The van der Waals surface area contributed by atoms with E-state index in [9.17, 15) is 9.18 Å². The van der Waals surface area contributed by atoms with E-state index in [2.05, 4.69) is 10.1 Å². The molecule has 3 aromatic rings. The van der Waals surface area contributed by atoms with E-state index >= 15 is 0 Å². The summed E-state index contributed by atoms with van der Waals surface area (Å²) in [6.45, 7) is 4.47. The van der Waals surface area contributed by atoms with Crippen LogP contribution in [0.2, 0.25) is 0 Å². The second-order valence-electron chi connectivity index (χ2n) is 6.58. The van der Waals surface area contributed by atoms with Gasteiger partial charge in [-0.1, -0.05) is 35.5 Å². The Morgan fingerprint density at radius 2 is 1.85 bits per heavy atom. The van der Waals surface area contributed by atoms with Crippen molar-refractivity contribution >= 4 is 11.6 Å². The first-order chi connectivity index (χ1) is 12.5. The summed E-state index contributed by atoms with van der Waals surface area (Å²) in [6.07, 6.45) is 0.310. The maximum atomic E-state index is 13.9. The van der Waals surface area contributed by atoms with E-state index in [0.29, 0.717) is 18.8 Å². The summed E-state index contributed by atoms with van der Waals surface area (Å²) in [5.74, 6) is 0.0131. The van der Waals surface area contributed by atoms with E-state index in [1.54, 1.807) is 23.1 Å². The average molecular weight is 351 g/mol. The summed E-state index contributed by atoms with van der Waals surface area (Å²) >= 11 is 0. The van der Waals surface area contributed by atoms with Gasteiger partial charge in [0.2, 0.25) is 5.91 Å². The van der Waals surface area contributed by atoms with Gasteiger partial charge in [0.25, 0.3) is 5.89 Å². The Bertz CT molecular complexity index is 962. The molecular weight excluding hydrogens is 333 g/mol. The second kappa shape index (κ2) is 6.37. The lowest BCUT2D eigenvalue weighted by atomic mass is 10.1. The minimum atomic E-state index is -0.414. The summed E-state index contributed by atoms with van der Waals surface area (Å²) in [5.41, 5.74) is 3.32. The molecule has 0 spiro atoms. The molecule has 1 aliphatic rings. The molecular formula is C20H18FN3O2. The molecule has 1 fully saturated rings. The van der Waals surface area contributed by atoms with Gasteiger partial charge in [0.15, 0.2) is 5.82 Å². The number of carbonyl (C=O) groups excluding carboxylic acids is 1. The SMILES string of the molecule is Cc1cccc(C)c1N1CC(c2noc(-c3ccccc3F)n2)CC1=O. The first-order valence-corrected chi connectivity index (χ1v) is 8.49. The van der Waals surface area contributed by atoms with E-state index < -0.39 is 5.82 Å². The van der Waals surface area contributed by atoms with Crippen LogP contribution in [0.3, 0.4) is 0 Å². The third kappa shape index (κ3) is 2.77. The van der Waals surface area contributed by atoms with Crippen molar-refractivity contribution < 1.29 is 13.7 Å². The molecule has 0 N–H and O–H groups in total. The maximum Gasteiger partial charge on any atom is 0.260 e. The van der Waals surface area contributed by atoms with Crippen LogP contribution in [0.25, 0.3) is 11.5 Å². The lowest BCUT2D eigenvalue weighted by Crippen LogP contribution is -2.26. The molecule has 1 aliphatic heterocycles. The highest BCUT2D eigenvalue weighted by atomic mass is 19.1. The van der Waals surface area contributed by atoms with Crippen LogP contribution in [0.15, 0.2) is 47.0 Å². The maximum absolute atomic E-state index is 13.9. The largest absolute Gasteiger partial charge is 0.334 e. The first-order valence-electron chi connectivity index (χ1n) is 8.49. The fraction of sp³-hybridized carbons (Fsp3) is 0.250. The van der Waals surface area contributed by atoms with Gasteiger partial charge in [-0.25, -0.2) is 4.39 Å². The summed E-state index contributed by atoms with van der Waals surface area (Å²) < 4.78 is 19.1. The number of hydrogen-bond donors (Lipinski definition) is 0. The molecule has 26 heavy (non-hydrogen) atoms. The van der Waals surface area contributed by atoms with E-state index in [1.165, 1.54) is 6.07 Å². The van der Waals surface area contributed by atoms with Gasteiger partial charge in [0.05, 0.1) is 5.56 Å². The molecule has 0 bridgehead atoms. The number of nitrogens with zero attached hydrogens (tertiary/aromatic N) is 3. The summed E-state index contributed by atoms with van der Waals surface area (Å²) in [6, 6.07) is 12.2. The molecule has 2 aromatic carbocycles. The van der Waals surface area contributed by atoms with Gasteiger partial charge in [-0.2, -0.15) is 4.98 Å². The molecule has 4 rings (SSSR count). The van der Waals surface area contributed by atoms with Crippen molar-refractivity contribution in [3.63, 3.8) is 0 Å². The Kier molecular flexibility index (Phi) is 4.03. The number of anilines is 1. The van der Waals surface area contributed by atoms with Crippen molar-refractivity contribution in [2.75, 3.05) is 11.4 Å². The highest BCUT2D eigenvalue weighted by Gasteiger charge is 2.35. The Morgan fingerprint density at radius 3 is 2.58 bits per heavy atom. The van der Waals surface area contributed by atoms with Gasteiger partial charge >= 0.3 is 0 Å². The minimum Gasteiger partial charge on any atom is -0.334 e. The van der Waals surface area contributed by atoms with Crippen molar-refractivity contribution in [3.8, 4) is 11.5 Å². The standard InChI is InChI=1S/C20H18FN3O2/c1-12-6-5-7-13(2)18(12)24-11-14(10-17(24)25)19-22-20(26-23-19)15-8-3-4-9-16(15)21/h3-9,14H,10-11H2,1-2H3. The molecule has 1 unspecified atom stereocenters. The Balaban J connectivity index is 1.61. The molecule has 5 nitrogen and oxygen atoms in total. The van der Waals surface area contributed by atoms with Crippen LogP contribution in [0.4, 0.5) is 10.1 Å². The van der Waals surface area contributed by atoms with Gasteiger partial charge in [-0.3, -0.25) is 4.79 Å². The van der Waals surface area contributed by atoms with Crippen LogP contribution in [0.5, 0.6) is 0 Å². The zero-order valence-electron chi connectivity index (χ0n) is 14.6. The molecule has 1 aromatic heterocycles. The number of carbonyl (C=O) groups is 1. The molecule has 0 aliphatic carbocycles. The van der Waals surface area contributed by atoms with E-state index in [-0.39, 0.29) is 23.3 Å². The molecule has 0 radical (unpaired) electrons. The second-order valence-corrected chi connectivity index (χ2v) is 6.58. The fourth-order valence-electron chi connectivity index (χ4n) is 3.47. The van der Waals surface area contributed by atoms with Crippen LogP contribution in [-0.4, -0.2) is 22.6 Å². The minimum absolute atomic E-state index is 0.0321. The van der Waals surface area contributed by atoms with E-state index in [1.807, 2.05) is 32.0 Å². The number of hydrogen-bond acceptors (Lipinski definition) is 4. The van der Waals surface area contributed by atoms with Crippen molar-refractivity contribution in [1.29, 1.82) is 0 Å². The molecule has 0 saturated carbocycles. The summed E-state index contributed by atoms with van der Waals surface area (Å²) in [5, 5.41) is 3.99. The first kappa shape index (κ1) is 16.4. The van der Waals surface area contributed by atoms with Crippen LogP contribution in [-0.2, 0) is 4.79 Å². The number of para-hydroxylation sites is 1. The Hall–Kier alpha value is -3.02. The van der Waals surface area contributed by atoms with Gasteiger partial charge in [-0.15, -0.1) is 0 Å². The Labute approximate surface area is 150 Å².